The van der Waals surface area contributed by atoms with E-state index in [1.165, 1.54) is 10.8 Å². The van der Waals surface area contributed by atoms with Crippen LogP contribution in [0, 0.1) is 0 Å². The second-order valence-electron chi connectivity index (χ2n) is 14.2. The largest absolute Gasteiger partial charge is 0.316 e. The molecule has 264 valence electrons. The van der Waals surface area contributed by atoms with E-state index in [9.17, 15) is 9.59 Å². The number of aromatic nitrogens is 2. The minimum atomic E-state index is 0.0588. The summed E-state index contributed by atoms with van der Waals surface area (Å²) in [6, 6.07) is 57.2. The lowest BCUT2D eigenvalue weighted by atomic mass is 10.0. The van der Waals surface area contributed by atoms with Crippen LogP contribution >= 0.6 is 0 Å². The maximum atomic E-state index is 13.1. The number of nitrogens with zero attached hydrogens (tertiary/aromatic N) is 2. The molecule has 0 saturated heterocycles. The summed E-state index contributed by atoms with van der Waals surface area (Å²) in [6.45, 7) is 0. The van der Waals surface area contributed by atoms with Gasteiger partial charge in [0.2, 0.25) is 0 Å². The normalized spacial score (nSPS) is 12.2. The molecule has 0 atom stereocenters. The average Bonchev–Trinajstić information content (AvgIpc) is 3.25. The van der Waals surface area contributed by atoms with Crippen LogP contribution in [0.4, 0.5) is 0 Å². The maximum Gasteiger partial charge on any atom is 0.197 e. The van der Waals surface area contributed by atoms with E-state index in [1.54, 1.807) is 0 Å². The molecule has 0 aliphatic rings. The van der Waals surface area contributed by atoms with E-state index >= 15 is 0 Å². The van der Waals surface area contributed by atoms with Crippen molar-refractivity contribution in [1.29, 1.82) is 0 Å². The highest BCUT2D eigenvalue weighted by atomic mass is 16.1. The van der Waals surface area contributed by atoms with Gasteiger partial charge in [0.05, 0.1) is 22.1 Å². The molecule has 0 amide bonds. The van der Waals surface area contributed by atoms with Crippen LogP contribution in [0.3, 0.4) is 0 Å². The highest BCUT2D eigenvalue weighted by Gasteiger charge is 2.10. The minimum Gasteiger partial charge on any atom is -0.316 e. The molecule has 2 heterocycles. The number of rotatable bonds is 6. The molecular formula is C52H34N2O2. The molecule has 4 nitrogen and oxygen atoms in total. The van der Waals surface area contributed by atoms with Crippen molar-refractivity contribution in [3.05, 3.63) is 213 Å². The number of benzene rings is 8. The van der Waals surface area contributed by atoms with Crippen LogP contribution in [0.15, 0.2) is 179 Å². The summed E-state index contributed by atoms with van der Waals surface area (Å²) in [5, 5.41) is 7.52. The van der Waals surface area contributed by atoms with Crippen LogP contribution in [0.25, 0.3) is 102 Å². The number of fused-ring (bicyclic) bond motifs is 6. The molecular weight excluding hydrogens is 685 g/mol. The smallest absolute Gasteiger partial charge is 0.197 e. The van der Waals surface area contributed by atoms with E-state index in [-0.39, 0.29) is 10.9 Å². The molecule has 10 aromatic rings. The molecule has 0 radical (unpaired) electrons. The Kier molecular flexibility index (Phi) is 8.08. The van der Waals surface area contributed by atoms with Crippen LogP contribution in [0.5, 0.6) is 0 Å². The Bertz CT molecular complexity index is 3070. The first kappa shape index (κ1) is 33.0. The molecule has 0 N–H and O–H groups in total. The van der Waals surface area contributed by atoms with Gasteiger partial charge in [0.25, 0.3) is 0 Å². The Labute approximate surface area is 322 Å². The van der Waals surface area contributed by atoms with Crippen LogP contribution in [-0.4, -0.2) is 9.13 Å². The molecule has 0 fully saturated rings. The first-order valence-electron chi connectivity index (χ1n) is 18.7. The van der Waals surface area contributed by atoms with Crippen molar-refractivity contribution in [1.82, 2.24) is 9.13 Å². The van der Waals surface area contributed by atoms with Gasteiger partial charge in [0, 0.05) is 33.9 Å². The van der Waals surface area contributed by atoms with Crippen molar-refractivity contribution in [2.75, 3.05) is 0 Å². The summed E-state index contributed by atoms with van der Waals surface area (Å²) in [7, 11) is 0. The second-order valence-corrected chi connectivity index (χ2v) is 14.2. The van der Waals surface area contributed by atoms with Crippen molar-refractivity contribution in [3.8, 4) is 0 Å². The summed E-state index contributed by atoms with van der Waals surface area (Å²) in [6.07, 6.45) is 12.6. The molecule has 0 aliphatic heterocycles. The predicted octanol–water partition coefficient (Wildman–Crippen LogP) is 12.4. The quantitative estimate of drug-likeness (QED) is 0.127. The van der Waals surface area contributed by atoms with E-state index in [2.05, 4.69) is 119 Å². The van der Waals surface area contributed by atoms with Gasteiger partial charge in [-0.25, -0.2) is 0 Å². The highest BCUT2D eigenvalue weighted by molar-refractivity contribution is 5.98. The third-order valence-electron chi connectivity index (χ3n) is 10.7. The van der Waals surface area contributed by atoms with Gasteiger partial charge in [-0.2, -0.15) is 0 Å². The van der Waals surface area contributed by atoms with Gasteiger partial charge in [0.15, 0.2) is 10.9 Å². The van der Waals surface area contributed by atoms with E-state index in [1.807, 2.05) is 97.1 Å². The lowest BCUT2D eigenvalue weighted by Gasteiger charge is -2.11. The Hall–Kier alpha value is -7.56. The van der Waals surface area contributed by atoms with Gasteiger partial charge in [-0.1, -0.05) is 109 Å². The maximum absolute atomic E-state index is 13.1. The molecule has 56 heavy (non-hydrogen) atoms. The molecule has 0 bridgehead atoms. The summed E-state index contributed by atoms with van der Waals surface area (Å²) >= 11 is 0. The number of pyridine rings is 2. The highest BCUT2D eigenvalue weighted by Crippen LogP contribution is 2.26. The van der Waals surface area contributed by atoms with Crippen molar-refractivity contribution < 1.29 is 0 Å². The Morgan fingerprint density at radius 2 is 0.571 bits per heavy atom. The average molecular weight is 719 g/mol. The molecule has 4 heteroatoms. The lowest BCUT2D eigenvalue weighted by molar-refractivity contribution is 1.27. The molecule has 0 aliphatic carbocycles. The first-order valence-corrected chi connectivity index (χ1v) is 18.7. The zero-order valence-corrected chi connectivity index (χ0v) is 30.3. The summed E-state index contributed by atoms with van der Waals surface area (Å²) in [5.41, 5.74) is 8.11. The van der Waals surface area contributed by atoms with E-state index in [4.69, 9.17) is 0 Å². The topological polar surface area (TPSA) is 44.0 Å². The number of para-hydroxylation sites is 4. The molecule has 0 spiro atoms. The predicted molar refractivity (Wildman–Crippen MR) is 239 cm³/mol. The van der Waals surface area contributed by atoms with E-state index < -0.39 is 0 Å². The second kappa shape index (κ2) is 13.7. The van der Waals surface area contributed by atoms with Crippen LogP contribution in [0.2, 0.25) is 0 Å². The van der Waals surface area contributed by atoms with Crippen molar-refractivity contribution in [2.24, 2.45) is 0 Å². The molecule has 2 aromatic heterocycles. The first-order chi connectivity index (χ1) is 27.6. The SMILES string of the molecule is O=c1c2ccccc2n(/C=C/c2ccc3cc(/C=C/c4ccc5cc(/C=C/n6c7ccccc7c(=O)c7ccccc76)ccc5c4)ccc3c2)c2ccccc12. The van der Waals surface area contributed by atoms with Gasteiger partial charge >= 0.3 is 0 Å². The molecule has 8 aromatic carbocycles. The Morgan fingerprint density at radius 1 is 0.304 bits per heavy atom. The van der Waals surface area contributed by atoms with Crippen molar-refractivity contribution in [3.63, 3.8) is 0 Å². The molecule has 0 unspecified atom stereocenters. The minimum absolute atomic E-state index is 0.0588. The van der Waals surface area contributed by atoms with Crippen LogP contribution in [0.1, 0.15) is 22.3 Å². The third-order valence-corrected chi connectivity index (χ3v) is 10.7. The van der Waals surface area contributed by atoms with Crippen molar-refractivity contribution >= 4 is 102 Å². The standard InChI is InChI=1S/C52H34N2O2/c55-51-43-9-1-5-13-47(43)53(48-14-6-2-10-44(48)51)29-27-37-21-25-39-31-35(19-23-41(39)33-37)17-18-36-20-24-42-34-38(22-26-40(42)32-36)28-30-54-49-15-7-3-11-45(49)52(56)46-12-4-8-16-50(46)54/h1-34H/b18-17+,29-27+,30-28+. The fourth-order valence-corrected chi connectivity index (χ4v) is 7.87. The number of hydrogen-bond acceptors (Lipinski definition) is 2. The van der Waals surface area contributed by atoms with E-state index in [0.717, 1.165) is 55.1 Å². The zero-order chi connectivity index (χ0) is 37.6. The van der Waals surface area contributed by atoms with Gasteiger partial charge in [-0.3, -0.25) is 9.59 Å². The fraction of sp³-hybridized carbons (Fsp3) is 0. The summed E-state index contributed by atoms with van der Waals surface area (Å²) < 4.78 is 4.21. The summed E-state index contributed by atoms with van der Waals surface area (Å²) in [4.78, 5) is 26.3. The molecule has 10 rings (SSSR count). The Balaban J connectivity index is 0.889. The zero-order valence-electron chi connectivity index (χ0n) is 30.3. The lowest BCUT2D eigenvalue weighted by Crippen LogP contribution is -2.08. The van der Waals surface area contributed by atoms with E-state index in [0.29, 0.717) is 21.5 Å². The summed E-state index contributed by atoms with van der Waals surface area (Å²) in [5.74, 6) is 0. The van der Waals surface area contributed by atoms with Crippen LogP contribution < -0.4 is 10.9 Å². The third kappa shape index (κ3) is 5.90. The van der Waals surface area contributed by atoms with Gasteiger partial charge in [0.1, 0.15) is 0 Å². The van der Waals surface area contributed by atoms with Crippen molar-refractivity contribution in [2.45, 2.75) is 0 Å². The number of hydrogen-bond donors (Lipinski definition) is 0. The fourth-order valence-electron chi connectivity index (χ4n) is 7.87. The van der Waals surface area contributed by atoms with Gasteiger partial charge < -0.3 is 9.13 Å². The van der Waals surface area contributed by atoms with Gasteiger partial charge in [-0.15, -0.1) is 0 Å². The molecule has 0 saturated carbocycles. The Morgan fingerprint density at radius 3 is 0.875 bits per heavy atom. The van der Waals surface area contributed by atoms with Gasteiger partial charge in [-0.05, 0) is 129 Å². The van der Waals surface area contributed by atoms with Crippen LogP contribution in [-0.2, 0) is 0 Å². The monoisotopic (exact) mass is 718 g/mol.